The van der Waals surface area contributed by atoms with E-state index in [2.05, 4.69) is 43.9 Å². The van der Waals surface area contributed by atoms with Crippen LogP contribution in [0, 0.1) is 0 Å². The zero-order valence-corrected chi connectivity index (χ0v) is 11.8. The van der Waals surface area contributed by atoms with Crippen molar-refractivity contribution in [2.45, 2.75) is 0 Å². The lowest BCUT2D eigenvalue weighted by atomic mass is 10.1. The summed E-state index contributed by atoms with van der Waals surface area (Å²) in [5.74, 6) is 0.543. The van der Waals surface area contributed by atoms with E-state index in [0.717, 1.165) is 15.7 Å². The molecule has 3 aromatic rings. The van der Waals surface area contributed by atoms with Gasteiger partial charge in [0.05, 0.1) is 5.69 Å². The van der Waals surface area contributed by atoms with Crippen LogP contribution in [0.5, 0.6) is 0 Å². The Morgan fingerprint density at radius 3 is 2.67 bits per heavy atom. The number of halogens is 1. The standard InChI is InChI=1S/C13H13BrN4/c1-17-7-10(12-6-13(15)16-18(12)2)9-4-3-8(14)5-11(9)17/h3-7H,1-2H3,(H2,15,16). The van der Waals surface area contributed by atoms with Crippen LogP contribution in [0.25, 0.3) is 22.2 Å². The molecule has 0 radical (unpaired) electrons. The van der Waals surface area contributed by atoms with Crippen molar-refractivity contribution in [1.29, 1.82) is 0 Å². The average molecular weight is 305 g/mol. The number of aromatic nitrogens is 3. The van der Waals surface area contributed by atoms with E-state index in [4.69, 9.17) is 5.73 Å². The predicted octanol–water partition coefficient (Wildman–Crippen LogP) is 2.92. The number of nitrogens with zero attached hydrogens (tertiary/aromatic N) is 3. The Bertz CT molecular complexity index is 739. The van der Waals surface area contributed by atoms with Crippen molar-refractivity contribution in [3.63, 3.8) is 0 Å². The van der Waals surface area contributed by atoms with Crippen LogP contribution in [-0.4, -0.2) is 14.3 Å². The molecule has 0 aliphatic heterocycles. The SMILES string of the molecule is Cn1nc(N)cc1-c1cn(C)c2cc(Br)ccc12. The van der Waals surface area contributed by atoms with Gasteiger partial charge in [0, 0.05) is 47.3 Å². The fourth-order valence-corrected chi connectivity index (χ4v) is 2.65. The van der Waals surface area contributed by atoms with Crippen molar-refractivity contribution < 1.29 is 0 Å². The second kappa shape index (κ2) is 3.88. The summed E-state index contributed by atoms with van der Waals surface area (Å²) in [6, 6.07) is 8.17. The van der Waals surface area contributed by atoms with Crippen LogP contribution >= 0.6 is 15.9 Å². The smallest absolute Gasteiger partial charge is 0.146 e. The van der Waals surface area contributed by atoms with Crippen molar-refractivity contribution in [3.8, 4) is 11.3 Å². The minimum Gasteiger partial charge on any atom is -0.382 e. The number of hydrogen-bond acceptors (Lipinski definition) is 2. The van der Waals surface area contributed by atoms with E-state index in [9.17, 15) is 0 Å². The molecule has 0 atom stereocenters. The molecular formula is C13H13BrN4. The van der Waals surface area contributed by atoms with Crippen LogP contribution < -0.4 is 5.73 Å². The number of anilines is 1. The monoisotopic (exact) mass is 304 g/mol. The zero-order chi connectivity index (χ0) is 12.9. The van der Waals surface area contributed by atoms with Gasteiger partial charge in [-0.3, -0.25) is 4.68 Å². The highest BCUT2D eigenvalue weighted by Gasteiger charge is 2.12. The lowest BCUT2D eigenvalue weighted by molar-refractivity contribution is 0.780. The van der Waals surface area contributed by atoms with Gasteiger partial charge in [-0.25, -0.2) is 0 Å². The molecule has 3 rings (SSSR count). The molecule has 92 valence electrons. The first kappa shape index (κ1) is 11.3. The van der Waals surface area contributed by atoms with E-state index in [1.807, 2.05) is 30.9 Å². The number of aryl methyl sites for hydroxylation is 2. The van der Waals surface area contributed by atoms with Gasteiger partial charge in [-0.05, 0) is 12.1 Å². The molecule has 0 bridgehead atoms. The molecule has 1 aromatic carbocycles. The molecule has 2 N–H and O–H groups in total. The van der Waals surface area contributed by atoms with Crippen molar-refractivity contribution in [2.75, 3.05) is 5.73 Å². The Morgan fingerprint density at radius 2 is 2.00 bits per heavy atom. The third-order valence-corrected chi connectivity index (χ3v) is 3.62. The molecule has 0 spiro atoms. The first-order valence-corrected chi connectivity index (χ1v) is 6.40. The van der Waals surface area contributed by atoms with Crippen LogP contribution in [0.1, 0.15) is 0 Å². The summed E-state index contributed by atoms with van der Waals surface area (Å²) in [7, 11) is 3.95. The van der Waals surface area contributed by atoms with E-state index in [0.29, 0.717) is 5.82 Å². The number of rotatable bonds is 1. The van der Waals surface area contributed by atoms with Crippen LogP contribution in [0.2, 0.25) is 0 Å². The maximum Gasteiger partial charge on any atom is 0.146 e. The average Bonchev–Trinajstić information content (AvgIpc) is 2.80. The molecule has 0 saturated heterocycles. The number of hydrogen-bond donors (Lipinski definition) is 1. The summed E-state index contributed by atoms with van der Waals surface area (Å²) < 4.78 is 5.00. The second-order valence-electron chi connectivity index (χ2n) is 4.39. The van der Waals surface area contributed by atoms with E-state index in [1.54, 1.807) is 0 Å². The van der Waals surface area contributed by atoms with Gasteiger partial charge in [-0.15, -0.1) is 0 Å². The quantitative estimate of drug-likeness (QED) is 0.751. The van der Waals surface area contributed by atoms with Crippen LogP contribution in [0.4, 0.5) is 5.82 Å². The van der Waals surface area contributed by atoms with Gasteiger partial charge < -0.3 is 10.3 Å². The number of nitrogens with two attached hydrogens (primary N) is 1. The Hall–Kier alpha value is -1.75. The molecule has 2 aromatic heterocycles. The van der Waals surface area contributed by atoms with Gasteiger partial charge in [0.2, 0.25) is 0 Å². The van der Waals surface area contributed by atoms with Crippen LogP contribution in [0.3, 0.4) is 0 Å². The number of benzene rings is 1. The molecule has 4 nitrogen and oxygen atoms in total. The fourth-order valence-electron chi connectivity index (χ4n) is 2.30. The maximum absolute atomic E-state index is 5.75. The molecule has 0 aliphatic rings. The van der Waals surface area contributed by atoms with Gasteiger partial charge in [0.1, 0.15) is 5.82 Å². The highest BCUT2D eigenvalue weighted by molar-refractivity contribution is 9.10. The Morgan fingerprint density at radius 1 is 1.22 bits per heavy atom. The van der Waals surface area contributed by atoms with Crippen LogP contribution in [-0.2, 0) is 14.1 Å². The fraction of sp³-hybridized carbons (Fsp3) is 0.154. The molecule has 0 saturated carbocycles. The van der Waals surface area contributed by atoms with E-state index >= 15 is 0 Å². The molecule has 0 amide bonds. The molecule has 18 heavy (non-hydrogen) atoms. The highest BCUT2D eigenvalue weighted by Crippen LogP contribution is 2.32. The third-order valence-electron chi connectivity index (χ3n) is 3.13. The largest absolute Gasteiger partial charge is 0.382 e. The van der Waals surface area contributed by atoms with Crippen molar-refractivity contribution in [2.24, 2.45) is 14.1 Å². The minimum absolute atomic E-state index is 0.543. The molecule has 5 heteroatoms. The summed E-state index contributed by atoms with van der Waals surface area (Å²) in [6.45, 7) is 0. The van der Waals surface area contributed by atoms with Gasteiger partial charge in [-0.1, -0.05) is 22.0 Å². The van der Waals surface area contributed by atoms with Gasteiger partial charge in [0.15, 0.2) is 0 Å². The van der Waals surface area contributed by atoms with Crippen LogP contribution in [0.15, 0.2) is 34.9 Å². The Labute approximate surface area is 113 Å². The first-order valence-electron chi connectivity index (χ1n) is 5.61. The summed E-state index contributed by atoms with van der Waals surface area (Å²) in [5.41, 5.74) is 9.10. The summed E-state index contributed by atoms with van der Waals surface area (Å²) >= 11 is 3.50. The number of nitrogen functional groups attached to an aromatic ring is 1. The molecule has 0 aliphatic carbocycles. The van der Waals surface area contributed by atoms with Gasteiger partial charge in [-0.2, -0.15) is 5.10 Å². The van der Waals surface area contributed by atoms with E-state index in [1.165, 1.54) is 10.9 Å². The zero-order valence-electron chi connectivity index (χ0n) is 10.2. The molecule has 0 fully saturated rings. The topological polar surface area (TPSA) is 48.8 Å². The highest BCUT2D eigenvalue weighted by atomic mass is 79.9. The van der Waals surface area contributed by atoms with Crippen molar-refractivity contribution >= 4 is 32.7 Å². The molecule has 2 heterocycles. The van der Waals surface area contributed by atoms with E-state index in [-0.39, 0.29) is 0 Å². The van der Waals surface area contributed by atoms with E-state index < -0.39 is 0 Å². The predicted molar refractivity (Wildman–Crippen MR) is 77.2 cm³/mol. The van der Waals surface area contributed by atoms with Crippen molar-refractivity contribution in [1.82, 2.24) is 14.3 Å². The second-order valence-corrected chi connectivity index (χ2v) is 5.31. The first-order chi connectivity index (χ1) is 8.56. The summed E-state index contributed by atoms with van der Waals surface area (Å²) in [5, 5.41) is 5.39. The normalized spacial score (nSPS) is 11.3. The maximum atomic E-state index is 5.75. The van der Waals surface area contributed by atoms with Gasteiger partial charge >= 0.3 is 0 Å². The van der Waals surface area contributed by atoms with Crippen molar-refractivity contribution in [3.05, 3.63) is 34.9 Å². The summed E-state index contributed by atoms with van der Waals surface area (Å²) in [4.78, 5) is 0. The Balaban J connectivity index is 2.33. The third kappa shape index (κ3) is 1.62. The summed E-state index contributed by atoms with van der Waals surface area (Å²) in [6.07, 6.45) is 2.10. The molecule has 0 unspecified atom stereocenters. The molecular weight excluding hydrogens is 292 g/mol. The lowest BCUT2D eigenvalue weighted by Crippen LogP contribution is -1.94. The minimum atomic E-state index is 0.543. The lowest BCUT2D eigenvalue weighted by Gasteiger charge is -1.99. The number of fused-ring (bicyclic) bond motifs is 1. The van der Waals surface area contributed by atoms with Gasteiger partial charge in [0.25, 0.3) is 0 Å². The Kier molecular flexibility index (Phi) is 2.45.